The van der Waals surface area contributed by atoms with Crippen molar-refractivity contribution in [3.8, 4) is 0 Å². The Morgan fingerprint density at radius 1 is 1.40 bits per heavy atom. The maximum atomic E-state index is 12.9. The molecule has 2 atom stereocenters. The van der Waals surface area contributed by atoms with Gasteiger partial charge in [-0.1, -0.05) is 6.92 Å². The van der Waals surface area contributed by atoms with E-state index < -0.39 is 11.7 Å². The smallest absolute Gasteiger partial charge is 0.370 e. The Bertz CT molecular complexity index is 473. The van der Waals surface area contributed by atoms with Crippen LogP contribution in [0.2, 0.25) is 0 Å². The molecule has 6 heteroatoms. The molecule has 1 aliphatic carbocycles. The third-order valence-electron chi connectivity index (χ3n) is 3.67. The monoisotopic (exact) mass is 287 g/mol. The third-order valence-corrected chi connectivity index (χ3v) is 3.67. The molecular weight excluding hydrogens is 267 g/mol. The Morgan fingerprint density at radius 3 is 2.55 bits per heavy atom. The summed E-state index contributed by atoms with van der Waals surface area (Å²) in [4.78, 5) is 6.07. The van der Waals surface area contributed by atoms with Gasteiger partial charge in [-0.15, -0.1) is 0 Å². The number of hydrogen-bond acceptors (Lipinski definition) is 3. The molecule has 112 valence electrons. The molecule has 1 saturated carbocycles. The summed E-state index contributed by atoms with van der Waals surface area (Å²) >= 11 is 0. The lowest BCUT2D eigenvalue weighted by Crippen LogP contribution is -2.23. The molecule has 1 heterocycles. The minimum atomic E-state index is -4.35. The number of pyridine rings is 1. The van der Waals surface area contributed by atoms with Gasteiger partial charge < -0.3 is 10.2 Å². The quantitative estimate of drug-likeness (QED) is 0.896. The van der Waals surface area contributed by atoms with Crippen LogP contribution in [-0.2, 0) is 6.18 Å². The predicted molar refractivity (Wildman–Crippen MR) is 73.9 cm³/mol. The van der Waals surface area contributed by atoms with Gasteiger partial charge in [0.1, 0.15) is 11.6 Å². The van der Waals surface area contributed by atoms with Crippen LogP contribution in [0.25, 0.3) is 0 Å². The van der Waals surface area contributed by atoms with Gasteiger partial charge >= 0.3 is 6.18 Å². The summed E-state index contributed by atoms with van der Waals surface area (Å²) < 4.78 is 38.7. The topological polar surface area (TPSA) is 28.2 Å². The molecule has 0 spiro atoms. The second kappa shape index (κ2) is 5.50. The van der Waals surface area contributed by atoms with E-state index in [4.69, 9.17) is 0 Å². The Kier molecular flexibility index (Phi) is 4.11. The van der Waals surface area contributed by atoms with Crippen LogP contribution in [0.5, 0.6) is 0 Å². The van der Waals surface area contributed by atoms with Gasteiger partial charge in [-0.05, 0) is 37.3 Å². The first kappa shape index (κ1) is 14.9. The van der Waals surface area contributed by atoms with Crippen molar-refractivity contribution in [2.75, 3.05) is 30.4 Å². The highest BCUT2D eigenvalue weighted by Crippen LogP contribution is 2.39. The van der Waals surface area contributed by atoms with E-state index in [9.17, 15) is 13.2 Å². The number of nitrogens with one attached hydrogen (secondary N) is 1. The zero-order valence-corrected chi connectivity index (χ0v) is 12.0. The molecule has 2 unspecified atom stereocenters. The van der Waals surface area contributed by atoms with E-state index in [-0.39, 0.29) is 5.82 Å². The van der Waals surface area contributed by atoms with E-state index in [1.165, 1.54) is 0 Å². The Hall–Kier alpha value is -1.46. The number of anilines is 2. The van der Waals surface area contributed by atoms with E-state index in [1.54, 1.807) is 7.05 Å². The number of alkyl halides is 3. The second-order valence-electron chi connectivity index (χ2n) is 5.48. The zero-order chi connectivity index (χ0) is 14.9. The molecule has 0 amide bonds. The van der Waals surface area contributed by atoms with Crippen LogP contribution in [-0.4, -0.2) is 25.1 Å². The highest BCUT2D eigenvalue weighted by Gasteiger charge is 2.35. The van der Waals surface area contributed by atoms with Gasteiger partial charge in [0.2, 0.25) is 0 Å². The lowest BCUT2D eigenvalue weighted by Gasteiger charge is -2.21. The Labute approximate surface area is 117 Å². The molecule has 1 aromatic heterocycles. The number of aromatic nitrogens is 1. The van der Waals surface area contributed by atoms with Crippen molar-refractivity contribution in [1.82, 2.24) is 4.98 Å². The number of hydrogen-bond donors (Lipinski definition) is 1. The molecule has 2 rings (SSSR count). The maximum absolute atomic E-state index is 12.9. The standard InChI is InChI=1S/C14H20F3N3/c1-4-18-12-6-11(14(15,16)17)7-13(19-12)20(3)8-10-5-9(10)2/h6-7,9-10H,4-5,8H2,1-3H3,(H,18,19). The van der Waals surface area contributed by atoms with Gasteiger partial charge in [-0.3, -0.25) is 0 Å². The summed E-state index contributed by atoms with van der Waals surface area (Å²) in [5.74, 6) is 1.87. The van der Waals surface area contributed by atoms with Gasteiger partial charge in [-0.25, -0.2) is 4.98 Å². The maximum Gasteiger partial charge on any atom is 0.416 e. The first-order valence-corrected chi connectivity index (χ1v) is 6.85. The normalized spacial score (nSPS) is 21.7. The second-order valence-corrected chi connectivity index (χ2v) is 5.48. The van der Waals surface area contributed by atoms with Gasteiger partial charge in [0.15, 0.2) is 0 Å². The number of halogens is 3. The molecular formula is C14H20F3N3. The van der Waals surface area contributed by atoms with Crippen LogP contribution in [0.4, 0.5) is 24.8 Å². The summed E-state index contributed by atoms with van der Waals surface area (Å²) in [6.07, 6.45) is -3.21. The molecule has 1 aromatic rings. The Morgan fingerprint density at radius 2 is 2.05 bits per heavy atom. The molecule has 1 aliphatic rings. The van der Waals surface area contributed by atoms with Crippen molar-refractivity contribution in [3.63, 3.8) is 0 Å². The van der Waals surface area contributed by atoms with Crippen molar-refractivity contribution in [1.29, 1.82) is 0 Å². The summed E-state index contributed by atoms with van der Waals surface area (Å²) in [5.41, 5.74) is -0.658. The summed E-state index contributed by atoms with van der Waals surface area (Å²) in [6, 6.07) is 2.18. The average Bonchev–Trinajstić information content (AvgIpc) is 3.03. The lowest BCUT2D eigenvalue weighted by molar-refractivity contribution is -0.137. The minimum absolute atomic E-state index is 0.271. The molecule has 20 heavy (non-hydrogen) atoms. The van der Waals surface area contributed by atoms with Gasteiger partial charge in [-0.2, -0.15) is 13.2 Å². The first-order chi connectivity index (χ1) is 9.31. The van der Waals surface area contributed by atoms with Gasteiger partial charge in [0.25, 0.3) is 0 Å². The van der Waals surface area contributed by atoms with Crippen LogP contribution in [0, 0.1) is 11.8 Å². The van der Waals surface area contributed by atoms with Crippen molar-refractivity contribution < 1.29 is 13.2 Å². The van der Waals surface area contributed by atoms with Crippen LogP contribution in [0.3, 0.4) is 0 Å². The van der Waals surface area contributed by atoms with E-state index in [0.29, 0.717) is 24.2 Å². The molecule has 0 aromatic carbocycles. The highest BCUT2D eigenvalue weighted by molar-refractivity contribution is 5.51. The predicted octanol–water partition coefficient (Wildman–Crippen LogP) is 3.62. The largest absolute Gasteiger partial charge is 0.416 e. The van der Waals surface area contributed by atoms with Crippen LogP contribution >= 0.6 is 0 Å². The highest BCUT2D eigenvalue weighted by atomic mass is 19.4. The van der Waals surface area contributed by atoms with E-state index in [2.05, 4.69) is 17.2 Å². The first-order valence-electron chi connectivity index (χ1n) is 6.85. The molecule has 1 N–H and O–H groups in total. The third kappa shape index (κ3) is 3.55. The van der Waals surface area contributed by atoms with Crippen LogP contribution in [0.1, 0.15) is 25.8 Å². The molecule has 0 saturated heterocycles. The summed E-state index contributed by atoms with van der Waals surface area (Å²) in [7, 11) is 1.79. The van der Waals surface area contributed by atoms with Crippen molar-refractivity contribution in [2.45, 2.75) is 26.4 Å². The van der Waals surface area contributed by atoms with E-state index >= 15 is 0 Å². The fraction of sp³-hybridized carbons (Fsp3) is 0.643. The lowest BCUT2D eigenvalue weighted by atomic mass is 10.2. The average molecular weight is 287 g/mol. The van der Waals surface area contributed by atoms with Crippen molar-refractivity contribution in [3.05, 3.63) is 17.7 Å². The summed E-state index contributed by atoms with van der Waals surface area (Å²) in [5, 5.41) is 2.86. The fourth-order valence-electron chi connectivity index (χ4n) is 2.25. The fourth-order valence-corrected chi connectivity index (χ4v) is 2.25. The molecule has 3 nitrogen and oxygen atoms in total. The molecule has 0 aliphatic heterocycles. The van der Waals surface area contributed by atoms with E-state index in [1.807, 2.05) is 11.8 Å². The van der Waals surface area contributed by atoms with Gasteiger partial charge in [0.05, 0.1) is 5.56 Å². The number of nitrogens with zero attached hydrogens (tertiary/aromatic N) is 2. The van der Waals surface area contributed by atoms with Crippen LogP contribution < -0.4 is 10.2 Å². The number of rotatable bonds is 5. The van der Waals surface area contributed by atoms with E-state index in [0.717, 1.165) is 25.1 Å². The molecule has 0 radical (unpaired) electrons. The SMILES string of the molecule is CCNc1cc(C(F)(F)F)cc(N(C)CC2CC2C)n1. The minimum Gasteiger partial charge on any atom is -0.370 e. The van der Waals surface area contributed by atoms with Crippen molar-refractivity contribution in [2.24, 2.45) is 11.8 Å². The van der Waals surface area contributed by atoms with Crippen LogP contribution in [0.15, 0.2) is 12.1 Å². The Balaban J connectivity index is 2.23. The summed E-state index contributed by atoms with van der Waals surface area (Å²) in [6.45, 7) is 5.28. The molecule has 1 fully saturated rings. The van der Waals surface area contributed by atoms with Crippen molar-refractivity contribution >= 4 is 11.6 Å². The molecule has 0 bridgehead atoms. The van der Waals surface area contributed by atoms with Gasteiger partial charge in [0, 0.05) is 20.1 Å². The zero-order valence-electron chi connectivity index (χ0n) is 12.0.